The van der Waals surface area contributed by atoms with Crippen LogP contribution in [0.15, 0.2) is 30.3 Å². The van der Waals surface area contributed by atoms with Crippen LogP contribution in [0, 0.1) is 0 Å². The van der Waals surface area contributed by atoms with E-state index >= 15 is 0 Å². The van der Waals surface area contributed by atoms with Crippen molar-refractivity contribution in [3.8, 4) is 0 Å². The van der Waals surface area contributed by atoms with Gasteiger partial charge in [0, 0.05) is 0 Å². The van der Waals surface area contributed by atoms with Gasteiger partial charge in [-0.05, 0) is 0 Å². The van der Waals surface area contributed by atoms with Gasteiger partial charge < -0.3 is 0 Å². The quantitative estimate of drug-likeness (QED) is 0.660. The van der Waals surface area contributed by atoms with E-state index in [0.717, 1.165) is 6.42 Å². The third-order valence-electron chi connectivity index (χ3n) is 1.18. The van der Waals surface area contributed by atoms with Crippen molar-refractivity contribution in [2.75, 3.05) is 0 Å². The monoisotopic (exact) mass is 224 g/mol. The molecule has 2 radical (unpaired) electrons. The molecule has 1 aromatic rings. The van der Waals surface area contributed by atoms with Gasteiger partial charge in [-0.3, -0.25) is 0 Å². The van der Waals surface area contributed by atoms with Crippen molar-refractivity contribution in [2.45, 2.75) is 6.42 Å². The standard InChI is InChI=1S/C8H8.Sn/c1-2-8-6-4-3-5-7-8;/h1,3-7H,2H2;. The van der Waals surface area contributed by atoms with E-state index in [4.69, 9.17) is 0 Å². The summed E-state index contributed by atoms with van der Waals surface area (Å²) in [6.45, 7) is 0. The predicted octanol–water partition coefficient (Wildman–Crippen LogP) is 1.20. The van der Waals surface area contributed by atoms with Gasteiger partial charge in [-0.25, -0.2) is 0 Å². The van der Waals surface area contributed by atoms with E-state index in [-0.39, 0.29) is 0 Å². The first-order chi connectivity index (χ1) is 4.43. The summed E-state index contributed by atoms with van der Waals surface area (Å²) in [4.78, 5) is 0. The second-order valence-corrected chi connectivity index (χ2v) is 3.06. The second-order valence-electron chi connectivity index (χ2n) is 1.89. The van der Waals surface area contributed by atoms with Crippen molar-refractivity contribution < 1.29 is 0 Å². The Bertz CT molecular complexity index is 179. The molecule has 0 fully saturated rings. The normalized spacial score (nSPS) is 8.89. The Balaban J connectivity index is 2.72. The molecule has 0 aliphatic heterocycles. The minimum absolute atomic E-state index is 1.12. The number of hydrogen-bond acceptors (Lipinski definition) is 0. The maximum atomic E-state index is 2.25. The fourth-order valence-corrected chi connectivity index (χ4v) is 1.40. The van der Waals surface area contributed by atoms with Crippen LogP contribution in [0.4, 0.5) is 0 Å². The van der Waals surface area contributed by atoms with Crippen LogP contribution in [0.5, 0.6) is 0 Å². The molecule has 0 aliphatic carbocycles. The fraction of sp³-hybridized carbons (Fsp3) is 0.125. The molecule has 0 N–H and O–H groups in total. The minimum atomic E-state index is 1.12. The molecule has 0 nitrogen and oxygen atoms in total. The Kier molecular flexibility index (Phi) is 2.98. The van der Waals surface area contributed by atoms with Crippen LogP contribution in [-0.4, -0.2) is 26.1 Å². The van der Waals surface area contributed by atoms with Crippen LogP contribution in [0.1, 0.15) is 5.56 Å². The van der Waals surface area contributed by atoms with Gasteiger partial charge >= 0.3 is 68.4 Å². The van der Waals surface area contributed by atoms with Gasteiger partial charge in [0.1, 0.15) is 0 Å². The molecule has 0 saturated carbocycles. The second kappa shape index (κ2) is 3.83. The number of benzene rings is 1. The average Bonchev–Trinajstić information content (AvgIpc) is 1.91. The summed E-state index contributed by atoms with van der Waals surface area (Å²) in [7, 11) is 0. The van der Waals surface area contributed by atoms with Crippen LogP contribution in [0.3, 0.4) is 0 Å². The van der Waals surface area contributed by atoms with E-state index in [1.807, 2.05) is 6.07 Å². The fourth-order valence-electron chi connectivity index (χ4n) is 0.732. The maximum absolute atomic E-state index is 2.25. The zero-order chi connectivity index (χ0) is 6.53. The zero-order valence-corrected chi connectivity index (χ0v) is 8.03. The Morgan fingerprint density at radius 2 is 1.89 bits per heavy atom. The van der Waals surface area contributed by atoms with Crippen molar-refractivity contribution in [3.05, 3.63) is 35.9 Å². The van der Waals surface area contributed by atoms with E-state index in [1.165, 1.54) is 27.6 Å². The third kappa shape index (κ3) is 2.31. The molecule has 0 unspecified atom stereocenters. The molecule has 0 aliphatic rings. The van der Waals surface area contributed by atoms with Crippen LogP contribution in [0.2, 0.25) is 0 Å². The molecule has 0 saturated heterocycles. The Hall–Kier alpha value is -0.111. The molecular formula is C8H8Sn. The van der Waals surface area contributed by atoms with Gasteiger partial charge in [0.15, 0.2) is 0 Å². The van der Waals surface area contributed by atoms with Gasteiger partial charge in [0.25, 0.3) is 0 Å². The van der Waals surface area contributed by atoms with Crippen molar-refractivity contribution in [1.29, 1.82) is 0 Å². The molecule has 0 spiro atoms. The predicted molar refractivity (Wildman–Crippen MR) is 42.0 cm³/mol. The average molecular weight is 223 g/mol. The molecule has 1 heteroatoms. The summed E-state index contributed by atoms with van der Waals surface area (Å²) < 4.78 is 2.25. The van der Waals surface area contributed by atoms with Gasteiger partial charge in [0.05, 0.1) is 0 Å². The Labute approximate surface area is 68.5 Å². The summed E-state index contributed by atoms with van der Waals surface area (Å²) in [5.41, 5.74) is 1.41. The molecule has 0 aromatic heterocycles. The first-order valence-electron chi connectivity index (χ1n) is 2.96. The Morgan fingerprint density at radius 1 is 1.22 bits per heavy atom. The van der Waals surface area contributed by atoms with Crippen molar-refractivity contribution in [3.63, 3.8) is 0 Å². The molecule has 44 valence electrons. The summed E-state index contributed by atoms with van der Waals surface area (Å²) in [5, 5.41) is 0. The first-order valence-corrected chi connectivity index (χ1v) is 4.61. The van der Waals surface area contributed by atoms with Crippen LogP contribution in [-0.2, 0) is 6.42 Å². The van der Waals surface area contributed by atoms with Crippen molar-refractivity contribution >= 4 is 26.1 Å². The molecule has 9 heavy (non-hydrogen) atoms. The molecule has 0 heterocycles. The molecule has 0 amide bonds. The van der Waals surface area contributed by atoms with Crippen molar-refractivity contribution in [1.82, 2.24) is 0 Å². The molecular weight excluding hydrogens is 215 g/mol. The Morgan fingerprint density at radius 3 is 2.44 bits per heavy atom. The van der Waals surface area contributed by atoms with Gasteiger partial charge in [-0.2, -0.15) is 0 Å². The van der Waals surface area contributed by atoms with Gasteiger partial charge in [-0.15, -0.1) is 0 Å². The zero-order valence-electron chi connectivity index (χ0n) is 5.17. The summed E-state index contributed by atoms with van der Waals surface area (Å²) in [5.74, 6) is 0. The third-order valence-corrected chi connectivity index (χ3v) is 1.76. The van der Waals surface area contributed by atoms with Crippen molar-refractivity contribution in [2.24, 2.45) is 0 Å². The molecule has 1 aromatic carbocycles. The number of rotatable bonds is 2. The van der Waals surface area contributed by atoms with Crippen LogP contribution < -0.4 is 0 Å². The first kappa shape index (κ1) is 7.00. The van der Waals surface area contributed by atoms with Gasteiger partial charge in [-0.1, -0.05) is 0 Å². The van der Waals surface area contributed by atoms with E-state index in [9.17, 15) is 0 Å². The van der Waals surface area contributed by atoms with E-state index < -0.39 is 0 Å². The SMILES string of the molecule is [Sn]=[CH]Cc1ccccc1. The van der Waals surface area contributed by atoms with E-state index in [2.05, 4.69) is 28.3 Å². The molecule has 1 rings (SSSR count). The summed E-state index contributed by atoms with van der Waals surface area (Å²) >= 11 is 1.51. The number of hydrogen-bond donors (Lipinski definition) is 0. The van der Waals surface area contributed by atoms with Gasteiger partial charge in [0.2, 0.25) is 0 Å². The van der Waals surface area contributed by atoms with E-state index in [0.29, 0.717) is 0 Å². The topological polar surface area (TPSA) is 0 Å². The molecule has 0 bridgehead atoms. The summed E-state index contributed by atoms with van der Waals surface area (Å²) in [6, 6.07) is 10.5. The van der Waals surface area contributed by atoms with Crippen LogP contribution in [0.25, 0.3) is 0 Å². The molecule has 0 atom stereocenters. The van der Waals surface area contributed by atoms with E-state index in [1.54, 1.807) is 0 Å². The summed E-state index contributed by atoms with van der Waals surface area (Å²) in [6.07, 6.45) is 1.12. The van der Waals surface area contributed by atoms with Crippen LogP contribution >= 0.6 is 0 Å².